The molecule has 0 atom stereocenters. The maximum absolute atomic E-state index is 11.6. The molecule has 4 heteroatoms. The van der Waals surface area contributed by atoms with Crippen LogP contribution in [0.15, 0.2) is 52.3 Å². The van der Waals surface area contributed by atoms with Crippen molar-refractivity contribution in [1.82, 2.24) is 4.90 Å². The van der Waals surface area contributed by atoms with Gasteiger partial charge in [0, 0.05) is 22.8 Å². The zero-order valence-electron chi connectivity index (χ0n) is 17.8. The minimum Gasteiger partial charge on any atom is -0.466 e. The van der Waals surface area contributed by atoms with Crippen LogP contribution in [0.3, 0.4) is 0 Å². The summed E-state index contributed by atoms with van der Waals surface area (Å²) in [6.07, 6.45) is 9.75. The highest BCUT2D eigenvalue weighted by atomic mass is 32.2. The minimum absolute atomic E-state index is 0.0432. The van der Waals surface area contributed by atoms with Gasteiger partial charge in [-0.05, 0) is 85.8 Å². The number of esters is 1. The second-order valence-corrected chi connectivity index (χ2v) is 9.25. The molecule has 0 aliphatic carbocycles. The van der Waals surface area contributed by atoms with Crippen LogP contribution in [0, 0.1) is 5.92 Å². The van der Waals surface area contributed by atoms with E-state index in [-0.39, 0.29) is 5.97 Å². The second kappa shape index (κ2) is 10.3. The molecule has 0 amide bonds. The Morgan fingerprint density at radius 1 is 1.13 bits per heavy atom. The quantitative estimate of drug-likeness (QED) is 0.535. The molecule has 3 nitrogen and oxygen atoms in total. The molecule has 2 aromatic carbocycles. The van der Waals surface area contributed by atoms with Crippen LogP contribution < -0.4 is 10.4 Å². The maximum Gasteiger partial charge on any atom is 0.305 e. The molecule has 0 unspecified atom stereocenters. The Kier molecular flexibility index (Phi) is 7.29. The highest BCUT2D eigenvalue weighted by Gasteiger charge is 2.19. The van der Waals surface area contributed by atoms with Gasteiger partial charge >= 0.3 is 5.97 Å². The van der Waals surface area contributed by atoms with Crippen LogP contribution >= 0.6 is 11.8 Å². The summed E-state index contributed by atoms with van der Waals surface area (Å²) >= 11 is 1.87. The number of nitrogens with zero attached hydrogens (tertiary/aromatic N) is 1. The van der Waals surface area contributed by atoms with Crippen LogP contribution in [0.4, 0.5) is 0 Å². The molecule has 158 valence electrons. The van der Waals surface area contributed by atoms with Crippen LogP contribution in [0.2, 0.25) is 0 Å². The Labute approximate surface area is 183 Å². The predicted molar refractivity (Wildman–Crippen MR) is 124 cm³/mol. The van der Waals surface area contributed by atoms with Gasteiger partial charge in [0.25, 0.3) is 0 Å². The summed E-state index contributed by atoms with van der Waals surface area (Å²) in [7, 11) is 0. The van der Waals surface area contributed by atoms with Gasteiger partial charge in [-0.1, -0.05) is 48.2 Å². The lowest BCUT2D eigenvalue weighted by Crippen LogP contribution is -2.35. The summed E-state index contributed by atoms with van der Waals surface area (Å²) in [4.78, 5) is 16.8. The summed E-state index contributed by atoms with van der Waals surface area (Å²) in [5.41, 5.74) is 1.32. The molecular formula is C26H31NO2S. The summed E-state index contributed by atoms with van der Waals surface area (Å²) < 4.78 is 5.05. The second-order valence-electron chi connectivity index (χ2n) is 8.16. The monoisotopic (exact) mass is 421 g/mol. The third-order valence-electron chi connectivity index (χ3n) is 6.12. The first kappa shape index (κ1) is 21.2. The van der Waals surface area contributed by atoms with Gasteiger partial charge in [-0.15, -0.1) is 0 Å². The van der Waals surface area contributed by atoms with E-state index in [2.05, 4.69) is 59.5 Å². The van der Waals surface area contributed by atoms with Gasteiger partial charge in [0.2, 0.25) is 0 Å². The van der Waals surface area contributed by atoms with Crippen molar-refractivity contribution < 1.29 is 9.53 Å². The average molecular weight is 422 g/mol. The van der Waals surface area contributed by atoms with Crippen molar-refractivity contribution in [3.8, 4) is 0 Å². The third kappa shape index (κ3) is 5.35. The average Bonchev–Trinajstić information content (AvgIpc) is 2.77. The molecular weight excluding hydrogens is 390 g/mol. The lowest BCUT2D eigenvalue weighted by molar-refractivity contribution is -0.143. The topological polar surface area (TPSA) is 29.5 Å². The first-order valence-electron chi connectivity index (χ1n) is 11.2. The molecule has 0 saturated carbocycles. The number of hydrogen-bond donors (Lipinski definition) is 0. The normalized spacial score (nSPS) is 17.2. The Morgan fingerprint density at radius 2 is 1.93 bits per heavy atom. The number of carbonyl (C=O) groups is 1. The lowest BCUT2D eigenvalue weighted by Gasteiger charge is -2.31. The summed E-state index contributed by atoms with van der Waals surface area (Å²) in [6, 6.07) is 15.3. The highest BCUT2D eigenvalue weighted by Crippen LogP contribution is 2.31. The molecule has 0 spiro atoms. The smallest absolute Gasteiger partial charge is 0.305 e. The number of fused-ring (bicyclic) bond motifs is 2. The molecule has 0 bridgehead atoms. The molecule has 4 rings (SSSR count). The van der Waals surface area contributed by atoms with Gasteiger partial charge in [-0.25, -0.2) is 0 Å². The molecule has 0 aromatic heterocycles. The van der Waals surface area contributed by atoms with Gasteiger partial charge < -0.3 is 9.64 Å². The number of piperidine rings is 1. The lowest BCUT2D eigenvalue weighted by atomic mass is 9.92. The SMILES string of the molecule is CCOC(=O)CCC1CCN(CCC=c2cccc3c2=Cc2ccccc2S3)CC1. The molecule has 1 fully saturated rings. The number of hydrogen-bond acceptors (Lipinski definition) is 4. The van der Waals surface area contributed by atoms with Crippen molar-refractivity contribution >= 4 is 29.9 Å². The Bertz CT molecular complexity index is 992. The van der Waals surface area contributed by atoms with E-state index < -0.39 is 0 Å². The van der Waals surface area contributed by atoms with Crippen LogP contribution in [-0.4, -0.2) is 37.1 Å². The Balaban J connectivity index is 1.32. The van der Waals surface area contributed by atoms with E-state index in [0.29, 0.717) is 18.9 Å². The van der Waals surface area contributed by atoms with Crippen LogP contribution in [-0.2, 0) is 9.53 Å². The van der Waals surface area contributed by atoms with Crippen molar-refractivity contribution in [2.75, 3.05) is 26.2 Å². The Hall–Kier alpha value is -2.04. The molecule has 1 saturated heterocycles. The summed E-state index contributed by atoms with van der Waals surface area (Å²) in [5.74, 6) is 0.626. The van der Waals surface area contributed by atoms with E-state index in [4.69, 9.17) is 4.74 Å². The van der Waals surface area contributed by atoms with Crippen molar-refractivity contribution in [3.63, 3.8) is 0 Å². The molecule has 30 heavy (non-hydrogen) atoms. The van der Waals surface area contributed by atoms with Crippen LogP contribution in [0.1, 0.15) is 44.6 Å². The van der Waals surface area contributed by atoms with Crippen molar-refractivity contribution in [2.45, 2.75) is 48.8 Å². The zero-order chi connectivity index (χ0) is 20.8. The first-order chi connectivity index (χ1) is 14.7. The van der Waals surface area contributed by atoms with Crippen LogP contribution in [0.5, 0.6) is 0 Å². The fourth-order valence-corrected chi connectivity index (χ4v) is 5.47. The van der Waals surface area contributed by atoms with Gasteiger partial charge in [0.05, 0.1) is 6.61 Å². The van der Waals surface area contributed by atoms with Crippen molar-refractivity contribution in [3.05, 3.63) is 58.5 Å². The van der Waals surface area contributed by atoms with Gasteiger partial charge in [0.1, 0.15) is 0 Å². The largest absolute Gasteiger partial charge is 0.466 e. The number of ether oxygens (including phenoxy) is 1. The summed E-state index contributed by atoms with van der Waals surface area (Å²) in [6.45, 7) is 5.75. The van der Waals surface area contributed by atoms with Gasteiger partial charge in [0.15, 0.2) is 0 Å². The molecule has 2 aliphatic heterocycles. The highest BCUT2D eigenvalue weighted by molar-refractivity contribution is 7.99. The van der Waals surface area contributed by atoms with E-state index in [1.165, 1.54) is 38.6 Å². The van der Waals surface area contributed by atoms with Crippen molar-refractivity contribution in [2.24, 2.45) is 5.92 Å². The minimum atomic E-state index is -0.0432. The van der Waals surface area contributed by atoms with E-state index in [1.807, 2.05) is 18.7 Å². The molecule has 2 aliphatic rings. The number of likely N-dealkylation sites (tertiary alicyclic amines) is 1. The predicted octanol–water partition coefficient (Wildman–Crippen LogP) is 4.21. The van der Waals surface area contributed by atoms with E-state index in [0.717, 1.165) is 32.5 Å². The number of rotatable bonds is 7. The van der Waals surface area contributed by atoms with E-state index in [9.17, 15) is 4.79 Å². The zero-order valence-corrected chi connectivity index (χ0v) is 18.6. The Morgan fingerprint density at radius 3 is 2.77 bits per heavy atom. The molecule has 0 N–H and O–H groups in total. The fraction of sp³-hybridized carbons (Fsp3) is 0.423. The van der Waals surface area contributed by atoms with Crippen molar-refractivity contribution in [1.29, 1.82) is 0 Å². The first-order valence-corrected chi connectivity index (χ1v) is 12.0. The van der Waals surface area contributed by atoms with E-state index in [1.54, 1.807) is 0 Å². The molecule has 2 aromatic rings. The van der Waals surface area contributed by atoms with E-state index >= 15 is 0 Å². The number of benzene rings is 2. The third-order valence-corrected chi connectivity index (χ3v) is 7.28. The molecule has 0 radical (unpaired) electrons. The molecule has 2 heterocycles. The van der Waals surface area contributed by atoms with Gasteiger partial charge in [-0.3, -0.25) is 4.79 Å². The fourth-order valence-electron chi connectivity index (χ4n) is 4.41. The van der Waals surface area contributed by atoms with Crippen LogP contribution in [0.25, 0.3) is 12.2 Å². The number of carbonyl (C=O) groups excluding carboxylic acids is 1. The maximum atomic E-state index is 11.6. The standard InChI is InChI=1S/C26H31NO2S/c1-2-29-26(28)13-12-20-14-17-27(18-15-20)16-6-9-21-8-5-11-25-23(21)19-22-7-3-4-10-24(22)30-25/h3-5,7-11,19-20H,2,6,12-18H2,1H3. The summed E-state index contributed by atoms with van der Waals surface area (Å²) in [5, 5.41) is 2.71. The van der Waals surface area contributed by atoms with Gasteiger partial charge in [-0.2, -0.15) is 0 Å².